The molecule has 2 aliphatic rings. The van der Waals surface area contributed by atoms with Crippen LogP contribution in [0.5, 0.6) is 0 Å². The lowest BCUT2D eigenvalue weighted by Crippen LogP contribution is -2.23. The van der Waals surface area contributed by atoms with Crippen LogP contribution in [-0.4, -0.2) is 15.2 Å². The highest BCUT2D eigenvalue weighted by Crippen LogP contribution is 2.52. The van der Waals surface area contributed by atoms with E-state index in [1.807, 2.05) is 10.8 Å². The van der Waals surface area contributed by atoms with Gasteiger partial charge in [0.05, 0.1) is 10.6 Å². The number of fused-ring (bicyclic) bond motifs is 3. The van der Waals surface area contributed by atoms with E-state index < -0.39 is 0 Å². The van der Waals surface area contributed by atoms with Crippen LogP contribution in [-0.2, 0) is 5.41 Å². The fourth-order valence-corrected chi connectivity index (χ4v) is 5.92. The number of hydrogen-bond donors (Lipinski definition) is 0. The molecule has 3 rings (SSSR count). The summed E-state index contributed by atoms with van der Waals surface area (Å²) in [7, 11) is 3.95. The van der Waals surface area contributed by atoms with Crippen molar-refractivity contribution < 1.29 is 0 Å². The van der Waals surface area contributed by atoms with Gasteiger partial charge in [0.1, 0.15) is 5.82 Å². The molecule has 1 fully saturated rings. The molecule has 19 heavy (non-hydrogen) atoms. The fraction of sp³-hybridized carbons (Fsp3) is 0.733. The number of nitrogens with zero attached hydrogens (tertiary/aromatic N) is 2. The average Bonchev–Trinajstić information content (AvgIpc) is 2.62. The Morgan fingerprint density at radius 3 is 2.74 bits per heavy atom. The van der Waals surface area contributed by atoms with Gasteiger partial charge in [0.15, 0.2) is 0 Å². The normalized spacial score (nSPS) is 27.3. The van der Waals surface area contributed by atoms with Crippen molar-refractivity contribution in [1.82, 2.24) is 9.97 Å². The number of rotatable bonds is 0. The van der Waals surface area contributed by atoms with E-state index in [4.69, 9.17) is 4.98 Å². The van der Waals surface area contributed by atoms with E-state index in [9.17, 15) is 0 Å². The van der Waals surface area contributed by atoms with E-state index >= 15 is 0 Å². The van der Waals surface area contributed by atoms with Gasteiger partial charge in [0.25, 0.3) is 0 Å². The van der Waals surface area contributed by atoms with Crippen LogP contribution in [0.25, 0.3) is 0 Å². The Labute approximate surface area is 124 Å². The minimum absolute atomic E-state index is 0.0461. The Balaban J connectivity index is 1.99. The molecular formula is C15H22N2S2. The van der Waals surface area contributed by atoms with Crippen molar-refractivity contribution in [3.05, 3.63) is 17.7 Å². The Bertz CT molecular complexity index is 468. The molecule has 1 aliphatic carbocycles. The van der Waals surface area contributed by atoms with E-state index in [0.29, 0.717) is 5.92 Å². The van der Waals surface area contributed by atoms with Crippen molar-refractivity contribution in [2.24, 2.45) is 0 Å². The molecular weight excluding hydrogens is 272 g/mol. The average molecular weight is 294 g/mol. The highest BCUT2D eigenvalue weighted by Gasteiger charge is 2.34. The Kier molecular flexibility index (Phi) is 3.82. The molecule has 0 amide bonds. The van der Waals surface area contributed by atoms with Gasteiger partial charge in [-0.05, 0) is 12.8 Å². The molecule has 0 N–H and O–H groups in total. The Morgan fingerprint density at radius 2 is 1.95 bits per heavy atom. The molecule has 1 saturated carbocycles. The van der Waals surface area contributed by atoms with Crippen LogP contribution in [0.1, 0.15) is 70.3 Å². The minimum atomic E-state index is 0.0461. The molecule has 4 heteroatoms. The molecule has 1 aliphatic heterocycles. The third-order valence-electron chi connectivity index (χ3n) is 4.02. The summed E-state index contributed by atoms with van der Waals surface area (Å²) in [6.07, 6.45) is 8.87. The zero-order chi connectivity index (χ0) is 13.5. The van der Waals surface area contributed by atoms with Gasteiger partial charge in [0.2, 0.25) is 0 Å². The lowest BCUT2D eigenvalue weighted by Gasteiger charge is -2.31. The van der Waals surface area contributed by atoms with Crippen LogP contribution in [0.3, 0.4) is 0 Å². The van der Waals surface area contributed by atoms with Gasteiger partial charge >= 0.3 is 0 Å². The largest absolute Gasteiger partial charge is 0.240 e. The maximum absolute atomic E-state index is 4.97. The number of aromatic nitrogens is 2. The zero-order valence-corrected chi connectivity index (χ0v) is 13.6. The van der Waals surface area contributed by atoms with Crippen LogP contribution < -0.4 is 0 Å². The molecule has 0 radical (unpaired) electrons. The van der Waals surface area contributed by atoms with E-state index in [0.717, 1.165) is 11.1 Å². The lowest BCUT2D eigenvalue weighted by molar-refractivity contribution is 0.517. The first-order valence-corrected chi connectivity index (χ1v) is 9.48. The van der Waals surface area contributed by atoms with Crippen LogP contribution in [0, 0.1) is 0 Å². The fourth-order valence-electron chi connectivity index (χ4n) is 2.89. The summed E-state index contributed by atoms with van der Waals surface area (Å²) in [5.74, 6) is 1.66. The van der Waals surface area contributed by atoms with E-state index in [2.05, 4.69) is 42.7 Å². The highest BCUT2D eigenvalue weighted by molar-refractivity contribution is 8.77. The van der Waals surface area contributed by atoms with E-state index in [-0.39, 0.29) is 5.41 Å². The van der Waals surface area contributed by atoms with Gasteiger partial charge in [-0.15, -0.1) is 0 Å². The third-order valence-corrected chi connectivity index (χ3v) is 6.99. The molecule has 0 bridgehead atoms. The minimum Gasteiger partial charge on any atom is -0.240 e. The summed E-state index contributed by atoms with van der Waals surface area (Å²) in [5, 5.41) is 0.766. The maximum Gasteiger partial charge on any atom is 0.133 e. The maximum atomic E-state index is 4.97. The van der Waals surface area contributed by atoms with Gasteiger partial charge in [-0.25, -0.2) is 9.97 Å². The second-order valence-corrected chi connectivity index (χ2v) is 9.14. The van der Waals surface area contributed by atoms with Gasteiger partial charge in [-0.2, -0.15) is 0 Å². The molecule has 104 valence electrons. The topological polar surface area (TPSA) is 25.8 Å². The van der Waals surface area contributed by atoms with Crippen molar-refractivity contribution in [2.45, 2.75) is 74.4 Å². The Morgan fingerprint density at radius 1 is 1.16 bits per heavy atom. The molecule has 1 aromatic rings. The first kappa shape index (κ1) is 13.7. The number of hydrogen-bond acceptors (Lipinski definition) is 4. The predicted octanol–water partition coefficient (Wildman–Crippen LogP) is 4.94. The smallest absolute Gasteiger partial charge is 0.133 e. The summed E-state index contributed by atoms with van der Waals surface area (Å²) >= 11 is 0. The van der Waals surface area contributed by atoms with Crippen LogP contribution in [0.2, 0.25) is 0 Å². The lowest BCUT2D eigenvalue weighted by atomic mass is 9.93. The Hall–Kier alpha value is -0.220. The summed E-state index contributed by atoms with van der Waals surface area (Å²) in [5.41, 5.74) is 1.39. The molecule has 1 aromatic heterocycles. The highest BCUT2D eigenvalue weighted by atomic mass is 33.1. The SMILES string of the molecule is CC(C)(C)c1ncc2c(n1)C1CCCCCC1SS2. The van der Waals surface area contributed by atoms with Crippen LogP contribution in [0.15, 0.2) is 11.1 Å². The summed E-state index contributed by atoms with van der Waals surface area (Å²) in [4.78, 5) is 10.9. The summed E-state index contributed by atoms with van der Waals surface area (Å²) in [6, 6.07) is 0. The molecule has 2 nitrogen and oxygen atoms in total. The van der Waals surface area contributed by atoms with Gasteiger partial charge < -0.3 is 0 Å². The molecule has 2 atom stereocenters. The van der Waals surface area contributed by atoms with Gasteiger partial charge in [-0.3, -0.25) is 0 Å². The standard InChI is InChI=1S/C15H22N2S2/c1-15(2,3)14-16-9-12-13(17-14)10-7-5-4-6-8-11(10)18-19-12/h9-11H,4-8H2,1-3H3. The van der Waals surface area contributed by atoms with Gasteiger partial charge in [-0.1, -0.05) is 61.6 Å². The second kappa shape index (κ2) is 5.28. The first-order chi connectivity index (χ1) is 9.05. The van der Waals surface area contributed by atoms with Crippen molar-refractivity contribution in [1.29, 1.82) is 0 Å². The van der Waals surface area contributed by atoms with Crippen molar-refractivity contribution in [2.75, 3.05) is 0 Å². The third kappa shape index (κ3) is 2.80. The molecule has 0 aromatic carbocycles. The predicted molar refractivity (Wildman–Crippen MR) is 83.8 cm³/mol. The molecule has 2 unspecified atom stereocenters. The van der Waals surface area contributed by atoms with E-state index in [1.165, 1.54) is 42.7 Å². The quantitative estimate of drug-likeness (QED) is 0.633. The van der Waals surface area contributed by atoms with E-state index in [1.54, 1.807) is 0 Å². The second-order valence-electron chi connectivity index (χ2n) is 6.66. The van der Waals surface area contributed by atoms with Crippen LogP contribution in [0.4, 0.5) is 0 Å². The first-order valence-electron chi connectivity index (χ1n) is 7.26. The van der Waals surface area contributed by atoms with Crippen molar-refractivity contribution >= 4 is 21.6 Å². The zero-order valence-electron chi connectivity index (χ0n) is 12.0. The summed E-state index contributed by atoms with van der Waals surface area (Å²) in [6.45, 7) is 6.60. The molecule has 0 spiro atoms. The van der Waals surface area contributed by atoms with Crippen molar-refractivity contribution in [3.63, 3.8) is 0 Å². The van der Waals surface area contributed by atoms with Crippen molar-refractivity contribution in [3.8, 4) is 0 Å². The molecule has 0 saturated heterocycles. The summed E-state index contributed by atoms with van der Waals surface area (Å²) < 4.78 is 0. The van der Waals surface area contributed by atoms with Gasteiger partial charge in [0, 0.05) is 22.8 Å². The van der Waals surface area contributed by atoms with Crippen LogP contribution >= 0.6 is 21.6 Å². The molecule has 2 heterocycles. The monoisotopic (exact) mass is 294 g/mol.